The molecule has 9 heteroatoms. The first-order valence-electron chi connectivity index (χ1n) is 12.4. The molecule has 1 unspecified atom stereocenters. The van der Waals surface area contributed by atoms with Gasteiger partial charge < -0.3 is 19.2 Å². The zero-order valence-corrected chi connectivity index (χ0v) is 22.9. The fraction of sp³-hybridized carbons (Fsp3) is 0.310. The van der Waals surface area contributed by atoms with Crippen molar-refractivity contribution in [1.82, 2.24) is 9.97 Å². The number of anilines is 1. The number of unbranched alkanes of at least 4 members (excludes halogenated alkanes) is 1. The number of ether oxygens (including phenoxy) is 2. The predicted molar refractivity (Wildman–Crippen MR) is 151 cm³/mol. The number of carbonyl (C=O) groups is 1. The third kappa shape index (κ3) is 8.99. The van der Waals surface area contributed by atoms with Crippen LogP contribution in [0.4, 0.5) is 10.1 Å². The van der Waals surface area contributed by atoms with Gasteiger partial charge in [0.15, 0.2) is 0 Å². The molecule has 1 heterocycles. The van der Waals surface area contributed by atoms with E-state index < -0.39 is 22.6 Å². The van der Waals surface area contributed by atoms with Crippen LogP contribution in [0, 0.1) is 0 Å². The SMILES string of the molecule is CCCCS(=O)Nc1ccc2nc(Cc3ccc(Oc4ccccc4)cc3)[nH]c2c1.COC(=O)C(C)(C)F. The van der Waals surface area contributed by atoms with Crippen LogP contribution in [0.15, 0.2) is 72.8 Å². The maximum atomic E-state index is 12.3. The Morgan fingerprint density at radius 1 is 1.05 bits per heavy atom. The van der Waals surface area contributed by atoms with Crippen molar-refractivity contribution >= 4 is 33.7 Å². The van der Waals surface area contributed by atoms with Crippen LogP contribution in [0.1, 0.15) is 45.0 Å². The second-order valence-corrected chi connectivity index (χ2v) is 10.4. The van der Waals surface area contributed by atoms with E-state index in [-0.39, 0.29) is 0 Å². The molecule has 0 aliphatic carbocycles. The molecule has 0 bridgehead atoms. The normalized spacial score (nSPS) is 11.8. The number of halogens is 1. The van der Waals surface area contributed by atoms with Crippen molar-refractivity contribution in [2.24, 2.45) is 0 Å². The number of H-pyrrole nitrogens is 1. The van der Waals surface area contributed by atoms with E-state index in [0.717, 1.165) is 73.4 Å². The molecule has 0 radical (unpaired) electrons. The van der Waals surface area contributed by atoms with Crippen LogP contribution in [-0.4, -0.2) is 38.7 Å². The number of aromatic amines is 1. The summed E-state index contributed by atoms with van der Waals surface area (Å²) in [5.41, 5.74) is 1.97. The summed E-state index contributed by atoms with van der Waals surface area (Å²) in [7, 11) is 0.105. The molecule has 4 rings (SSSR count). The summed E-state index contributed by atoms with van der Waals surface area (Å²) in [6, 6.07) is 23.6. The van der Waals surface area contributed by atoms with E-state index in [1.54, 1.807) is 0 Å². The number of carbonyl (C=O) groups excluding carboxylic acids is 1. The molecule has 0 amide bonds. The minimum Gasteiger partial charge on any atom is -0.467 e. The van der Waals surface area contributed by atoms with Crippen molar-refractivity contribution < 1.29 is 22.9 Å². The molecule has 7 nitrogen and oxygen atoms in total. The quantitative estimate of drug-likeness (QED) is 0.218. The highest BCUT2D eigenvalue weighted by molar-refractivity contribution is 7.86. The molecular weight excluding hydrogens is 505 g/mol. The molecule has 1 aromatic heterocycles. The average Bonchev–Trinajstić information content (AvgIpc) is 3.30. The van der Waals surface area contributed by atoms with Gasteiger partial charge in [0.1, 0.15) is 28.3 Å². The Hall–Kier alpha value is -3.72. The molecule has 1 atom stereocenters. The first kappa shape index (κ1) is 28.8. The maximum absolute atomic E-state index is 12.3. The molecule has 202 valence electrons. The van der Waals surface area contributed by atoms with E-state index in [0.29, 0.717) is 12.2 Å². The van der Waals surface area contributed by atoms with Crippen molar-refractivity contribution in [3.05, 3.63) is 84.2 Å². The fourth-order valence-electron chi connectivity index (χ4n) is 3.40. The number of imidazole rings is 1. The first-order valence-corrected chi connectivity index (χ1v) is 13.7. The molecule has 2 N–H and O–H groups in total. The van der Waals surface area contributed by atoms with Gasteiger partial charge >= 0.3 is 5.97 Å². The lowest BCUT2D eigenvalue weighted by Gasteiger charge is -2.08. The molecule has 0 spiro atoms. The van der Waals surface area contributed by atoms with E-state index in [2.05, 4.69) is 38.5 Å². The number of hydrogen-bond donors (Lipinski definition) is 2. The Labute approximate surface area is 225 Å². The summed E-state index contributed by atoms with van der Waals surface area (Å²) < 4.78 is 37.4. The minimum atomic E-state index is -1.85. The van der Waals surface area contributed by atoms with Gasteiger partial charge in [0.2, 0.25) is 5.67 Å². The number of para-hydroxylation sites is 1. The molecule has 0 saturated carbocycles. The fourth-order valence-corrected chi connectivity index (χ4v) is 4.45. The standard InChI is InChI=1S/C24H25N3O2S.C5H9FO2/c1-2-3-15-30(28)27-19-11-14-22-23(17-19)26-24(25-22)16-18-9-12-21(13-10-18)29-20-7-5-4-6-8-20;1-5(2,6)4(7)8-3/h4-14,17,27H,2-3,15-16H2,1H3,(H,25,26);1-3H3. The molecular formula is C29H34FN3O4S. The lowest BCUT2D eigenvalue weighted by Crippen LogP contribution is -2.26. The average molecular weight is 540 g/mol. The Morgan fingerprint density at radius 2 is 1.74 bits per heavy atom. The first-order chi connectivity index (χ1) is 18.2. The van der Waals surface area contributed by atoms with Crippen LogP contribution in [0.25, 0.3) is 11.0 Å². The summed E-state index contributed by atoms with van der Waals surface area (Å²) in [5, 5.41) is 0. The van der Waals surface area contributed by atoms with Crippen LogP contribution in [0.3, 0.4) is 0 Å². The van der Waals surface area contributed by atoms with Crippen LogP contribution in [-0.2, 0) is 26.9 Å². The number of aromatic nitrogens is 2. The van der Waals surface area contributed by atoms with Crippen molar-refractivity contribution in [2.45, 2.75) is 45.7 Å². The molecule has 0 saturated heterocycles. The number of nitrogens with one attached hydrogen (secondary N) is 2. The molecule has 4 aromatic rings. The Kier molecular flexibility index (Phi) is 10.4. The summed E-state index contributed by atoms with van der Waals surface area (Å²) >= 11 is 0. The number of alkyl halides is 1. The predicted octanol–water partition coefficient (Wildman–Crippen LogP) is 6.73. The number of fused-ring (bicyclic) bond motifs is 1. The van der Waals surface area contributed by atoms with Gasteiger partial charge in [0.25, 0.3) is 0 Å². The second kappa shape index (κ2) is 13.7. The van der Waals surface area contributed by atoms with E-state index in [1.807, 2.05) is 60.7 Å². The van der Waals surface area contributed by atoms with E-state index in [4.69, 9.17) is 4.74 Å². The number of benzene rings is 3. The number of hydrogen-bond acceptors (Lipinski definition) is 5. The highest BCUT2D eigenvalue weighted by Gasteiger charge is 2.26. The summed E-state index contributed by atoms with van der Waals surface area (Å²) in [6.07, 6.45) is 2.69. The molecule has 0 aliphatic rings. The zero-order chi connectivity index (χ0) is 27.5. The van der Waals surface area contributed by atoms with Gasteiger partial charge in [-0.15, -0.1) is 0 Å². The van der Waals surface area contributed by atoms with Crippen molar-refractivity contribution in [3.63, 3.8) is 0 Å². The lowest BCUT2D eigenvalue weighted by molar-refractivity contribution is -0.152. The molecule has 3 aromatic carbocycles. The van der Waals surface area contributed by atoms with Crippen molar-refractivity contribution in [1.29, 1.82) is 0 Å². The van der Waals surface area contributed by atoms with Crippen LogP contribution < -0.4 is 9.46 Å². The van der Waals surface area contributed by atoms with E-state index in [9.17, 15) is 13.4 Å². The second-order valence-electron chi connectivity index (χ2n) is 9.12. The smallest absolute Gasteiger partial charge is 0.343 e. The van der Waals surface area contributed by atoms with Crippen molar-refractivity contribution in [2.75, 3.05) is 17.6 Å². The highest BCUT2D eigenvalue weighted by atomic mass is 32.2. The lowest BCUT2D eigenvalue weighted by atomic mass is 10.1. The maximum Gasteiger partial charge on any atom is 0.343 e. The molecule has 0 fully saturated rings. The van der Waals surface area contributed by atoms with E-state index >= 15 is 0 Å². The third-order valence-electron chi connectivity index (χ3n) is 5.39. The van der Waals surface area contributed by atoms with Gasteiger partial charge in [-0.3, -0.25) is 0 Å². The summed E-state index contributed by atoms with van der Waals surface area (Å²) in [5.74, 6) is 2.35. The summed E-state index contributed by atoms with van der Waals surface area (Å²) in [4.78, 5) is 18.3. The Balaban J connectivity index is 0.000000436. The van der Waals surface area contributed by atoms with Crippen molar-refractivity contribution in [3.8, 4) is 11.5 Å². The van der Waals surface area contributed by atoms with Crippen LogP contribution in [0.2, 0.25) is 0 Å². The number of methoxy groups -OCH3 is 1. The third-order valence-corrected chi connectivity index (χ3v) is 6.51. The van der Waals surface area contributed by atoms with Gasteiger partial charge in [-0.1, -0.05) is 43.7 Å². The minimum absolute atomic E-state index is 0.659. The number of nitrogens with zero attached hydrogens (tertiary/aromatic N) is 1. The van der Waals surface area contributed by atoms with E-state index in [1.165, 1.54) is 0 Å². The molecule has 38 heavy (non-hydrogen) atoms. The topological polar surface area (TPSA) is 93.3 Å². The summed E-state index contributed by atoms with van der Waals surface area (Å²) in [6.45, 7) is 4.40. The van der Waals surface area contributed by atoms with Gasteiger partial charge in [-0.2, -0.15) is 0 Å². The Morgan fingerprint density at radius 3 is 2.34 bits per heavy atom. The number of rotatable bonds is 10. The van der Waals surface area contributed by atoms with Gasteiger partial charge in [-0.25, -0.2) is 18.4 Å². The van der Waals surface area contributed by atoms with Gasteiger partial charge in [-0.05, 0) is 68.3 Å². The zero-order valence-electron chi connectivity index (χ0n) is 22.1. The highest BCUT2D eigenvalue weighted by Crippen LogP contribution is 2.23. The molecule has 0 aliphatic heterocycles. The van der Waals surface area contributed by atoms with Crippen LogP contribution in [0.5, 0.6) is 11.5 Å². The monoisotopic (exact) mass is 539 g/mol. The number of esters is 1. The van der Waals surface area contributed by atoms with Crippen LogP contribution >= 0.6 is 0 Å². The van der Waals surface area contributed by atoms with Gasteiger partial charge in [0, 0.05) is 17.9 Å². The Bertz CT molecular complexity index is 1340. The van der Waals surface area contributed by atoms with Gasteiger partial charge in [0.05, 0.1) is 18.1 Å². The largest absolute Gasteiger partial charge is 0.467 e.